The minimum absolute atomic E-state index is 0.0822. The Bertz CT molecular complexity index is 401. The van der Waals surface area contributed by atoms with E-state index >= 15 is 0 Å². The first-order chi connectivity index (χ1) is 7.58. The number of benzene rings is 1. The van der Waals surface area contributed by atoms with Crippen LogP contribution in [0, 0.1) is 0 Å². The van der Waals surface area contributed by atoms with E-state index in [9.17, 15) is 9.90 Å². The number of phenolic OH excluding ortho intramolecular Hbond substituents is 1. The Balaban J connectivity index is 3.16. The molecule has 0 bridgehead atoms. The van der Waals surface area contributed by atoms with Crippen LogP contribution in [-0.4, -0.2) is 25.2 Å². The Morgan fingerprint density at radius 3 is 2.19 bits per heavy atom. The molecular formula is C11H13NO4. The number of ether oxygens (including phenoxy) is 2. The number of phenols is 1. The van der Waals surface area contributed by atoms with Crippen molar-refractivity contribution in [3.8, 4) is 17.2 Å². The highest BCUT2D eigenvalue weighted by Crippen LogP contribution is 2.37. The van der Waals surface area contributed by atoms with Crippen molar-refractivity contribution in [3.63, 3.8) is 0 Å². The smallest absolute Gasteiger partial charge is 0.241 e. The van der Waals surface area contributed by atoms with Gasteiger partial charge in [0.15, 0.2) is 11.5 Å². The maximum atomic E-state index is 10.6. The zero-order chi connectivity index (χ0) is 12.1. The van der Waals surface area contributed by atoms with E-state index in [0.717, 1.165) is 0 Å². The summed E-state index contributed by atoms with van der Waals surface area (Å²) >= 11 is 0. The van der Waals surface area contributed by atoms with Gasteiger partial charge in [0.1, 0.15) is 0 Å². The fraction of sp³-hybridized carbons (Fsp3) is 0.182. The molecule has 5 nitrogen and oxygen atoms in total. The van der Waals surface area contributed by atoms with Crippen LogP contribution in [0.2, 0.25) is 0 Å². The van der Waals surface area contributed by atoms with Crippen LogP contribution in [-0.2, 0) is 4.79 Å². The second-order valence-corrected chi connectivity index (χ2v) is 3.01. The average Bonchev–Trinajstić information content (AvgIpc) is 2.27. The monoisotopic (exact) mass is 223 g/mol. The van der Waals surface area contributed by atoms with Crippen LogP contribution < -0.4 is 15.2 Å². The molecule has 0 radical (unpaired) electrons. The molecule has 86 valence electrons. The van der Waals surface area contributed by atoms with Crippen molar-refractivity contribution in [1.82, 2.24) is 0 Å². The van der Waals surface area contributed by atoms with Gasteiger partial charge in [-0.15, -0.1) is 0 Å². The molecule has 0 aliphatic carbocycles. The molecule has 0 fully saturated rings. The molecule has 0 heterocycles. The van der Waals surface area contributed by atoms with Crippen LogP contribution >= 0.6 is 0 Å². The number of nitrogens with two attached hydrogens (primary N) is 1. The number of methoxy groups -OCH3 is 2. The largest absolute Gasteiger partial charge is 0.502 e. The van der Waals surface area contributed by atoms with Gasteiger partial charge in [0.05, 0.1) is 14.2 Å². The van der Waals surface area contributed by atoms with Crippen LogP contribution in [0.5, 0.6) is 17.2 Å². The van der Waals surface area contributed by atoms with E-state index < -0.39 is 5.91 Å². The molecular weight excluding hydrogens is 210 g/mol. The number of carbonyl (C=O) groups excluding carboxylic acids is 1. The molecule has 1 rings (SSSR count). The summed E-state index contributed by atoms with van der Waals surface area (Å²) in [6, 6.07) is 3.13. The highest BCUT2D eigenvalue weighted by Gasteiger charge is 2.09. The predicted octanol–water partition coefficient (Wildman–Crippen LogP) is 0.908. The second kappa shape index (κ2) is 5.06. The summed E-state index contributed by atoms with van der Waals surface area (Å²) in [5, 5.41) is 9.62. The van der Waals surface area contributed by atoms with Crippen molar-refractivity contribution < 1.29 is 19.4 Å². The summed E-state index contributed by atoms with van der Waals surface area (Å²) < 4.78 is 9.91. The van der Waals surface area contributed by atoms with Crippen molar-refractivity contribution in [1.29, 1.82) is 0 Å². The zero-order valence-corrected chi connectivity index (χ0v) is 9.06. The van der Waals surface area contributed by atoms with Gasteiger partial charge < -0.3 is 20.3 Å². The van der Waals surface area contributed by atoms with Gasteiger partial charge in [-0.05, 0) is 23.8 Å². The lowest BCUT2D eigenvalue weighted by molar-refractivity contribution is -0.113. The summed E-state index contributed by atoms with van der Waals surface area (Å²) in [6.07, 6.45) is 2.72. The van der Waals surface area contributed by atoms with Crippen LogP contribution in [0.25, 0.3) is 6.08 Å². The molecule has 0 unspecified atom stereocenters. The maximum absolute atomic E-state index is 10.6. The molecule has 16 heavy (non-hydrogen) atoms. The van der Waals surface area contributed by atoms with Crippen LogP contribution in [0.15, 0.2) is 18.2 Å². The van der Waals surface area contributed by atoms with E-state index in [1.165, 1.54) is 26.4 Å². The molecule has 1 aromatic carbocycles. The fourth-order valence-electron chi connectivity index (χ4n) is 1.19. The number of rotatable bonds is 4. The summed E-state index contributed by atoms with van der Waals surface area (Å²) in [4.78, 5) is 10.6. The van der Waals surface area contributed by atoms with Crippen molar-refractivity contribution in [2.75, 3.05) is 14.2 Å². The number of carbonyl (C=O) groups is 1. The van der Waals surface area contributed by atoms with Gasteiger partial charge in [-0.3, -0.25) is 4.79 Å². The summed E-state index contributed by atoms with van der Waals surface area (Å²) in [6.45, 7) is 0. The van der Waals surface area contributed by atoms with E-state index in [1.807, 2.05) is 0 Å². The molecule has 0 spiro atoms. The lowest BCUT2D eigenvalue weighted by atomic mass is 10.1. The Morgan fingerprint density at radius 1 is 1.31 bits per heavy atom. The van der Waals surface area contributed by atoms with Crippen LogP contribution in [0.1, 0.15) is 5.56 Å². The van der Waals surface area contributed by atoms with Gasteiger partial charge in [-0.25, -0.2) is 0 Å². The molecule has 0 saturated carbocycles. The molecule has 1 amide bonds. The van der Waals surface area contributed by atoms with Crippen LogP contribution in [0.3, 0.4) is 0 Å². The molecule has 0 aliphatic rings. The van der Waals surface area contributed by atoms with Gasteiger partial charge >= 0.3 is 0 Å². The number of amides is 1. The highest BCUT2D eigenvalue weighted by atomic mass is 16.5. The quantitative estimate of drug-likeness (QED) is 0.743. The molecule has 0 atom stereocenters. The zero-order valence-electron chi connectivity index (χ0n) is 9.06. The first kappa shape index (κ1) is 11.9. The van der Waals surface area contributed by atoms with Gasteiger partial charge in [0.2, 0.25) is 11.7 Å². The third-order valence-electron chi connectivity index (χ3n) is 1.94. The second-order valence-electron chi connectivity index (χ2n) is 3.01. The first-order valence-corrected chi connectivity index (χ1v) is 4.51. The molecule has 0 aromatic heterocycles. The fourth-order valence-corrected chi connectivity index (χ4v) is 1.19. The molecule has 0 saturated heterocycles. The predicted molar refractivity (Wildman–Crippen MR) is 59.4 cm³/mol. The van der Waals surface area contributed by atoms with Gasteiger partial charge in [0, 0.05) is 6.08 Å². The van der Waals surface area contributed by atoms with Gasteiger partial charge in [-0.1, -0.05) is 0 Å². The molecule has 3 N–H and O–H groups in total. The summed E-state index contributed by atoms with van der Waals surface area (Å²) in [7, 11) is 2.85. The van der Waals surface area contributed by atoms with E-state index in [4.69, 9.17) is 15.2 Å². The number of aromatic hydroxyl groups is 1. The Hall–Kier alpha value is -2.17. The highest BCUT2D eigenvalue weighted by molar-refractivity contribution is 5.90. The standard InChI is InChI=1S/C11H13NO4/c1-15-8-5-7(3-4-10(12)13)6-9(16-2)11(8)14/h3-6,14H,1-2H3,(H2,12,13)/b4-3+. The average molecular weight is 223 g/mol. The van der Waals surface area contributed by atoms with Crippen molar-refractivity contribution >= 4 is 12.0 Å². The van der Waals surface area contributed by atoms with E-state index in [-0.39, 0.29) is 17.2 Å². The maximum Gasteiger partial charge on any atom is 0.241 e. The third kappa shape index (κ3) is 2.66. The van der Waals surface area contributed by atoms with Gasteiger partial charge in [-0.2, -0.15) is 0 Å². The SMILES string of the molecule is COc1cc(/C=C/C(N)=O)cc(OC)c1O. The minimum atomic E-state index is -0.550. The lowest BCUT2D eigenvalue weighted by Crippen LogP contribution is -2.05. The normalized spacial score (nSPS) is 10.4. The minimum Gasteiger partial charge on any atom is -0.502 e. The molecule has 0 aliphatic heterocycles. The number of hydrogen-bond acceptors (Lipinski definition) is 4. The Morgan fingerprint density at radius 2 is 1.81 bits per heavy atom. The summed E-state index contributed by atoms with van der Waals surface area (Å²) in [5.74, 6) is -0.0980. The van der Waals surface area contributed by atoms with Crippen molar-refractivity contribution in [3.05, 3.63) is 23.8 Å². The first-order valence-electron chi connectivity index (χ1n) is 4.51. The number of hydrogen-bond donors (Lipinski definition) is 2. The molecule has 5 heteroatoms. The third-order valence-corrected chi connectivity index (χ3v) is 1.94. The topological polar surface area (TPSA) is 81.8 Å². The lowest BCUT2D eigenvalue weighted by Gasteiger charge is -2.09. The van der Waals surface area contributed by atoms with Crippen molar-refractivity contribution in [2.24, 2.45) is 5.73 Å². The van der Waals surface area contributed by atoms with Gasteiger partial charge in [0.25, 0.3) is 0 Å². The Kier molecular flexibility index (Phi) is 3.77. The van der Waals surface area contributed by atoms with Crippen LogP contribution in [0.4, 0.5) is 0 Å². The molecule has 1 aromatic rings. The van der Waals surface area contributed by atoms with E-state index in [2.05, 4.69) is 0 Å². The van der Waals surface area contributed by atoms with E-state index in [0.29, 0.717) is 5.56 Å². The number of primary amides is 1. The van der Waals surface area contributed by atoms with E-state index in [1.54, 1.807) is 12.1 Å². The van der Waals surface area contributed by atoms with Crippen molar-refractivity contribution in [2.45, 2.75) is 0 Å². The Labute approximate surface area is 93.1 Å². The summed E-state index contributed by atoms with van der Waals surface area (Å²) in [5.41, 5.74) is 5.62.